The molecule has 4 aromatic rings. The Morgan fingerprint density at radius 1 is 0.553 bits per heavy atom. The monoisotopic (exact) mass is 506 g/mol. The summed E-state index contributed by atoms with van der Waals surface area (Å²) in [6.45, 7) is 0.378. The van der Waals surface area contributed by atoms with Crippen LogP contribution in [0.5, 0.6) is 0 Å². The highest BCUT2D eigenvalue weighted by molar-refractivity contribution is 6.47. The van der Waals surface area contributed by atoms with E-state index in [4.69, 9.17) is 9.68 Å². The third-order valence-electron chi connectivity index (χ3n) is 5.23. The molecule has 0 saturated heterocycles. The molecule has 0 aliphatic carbocycles. The highest BCUT2D eigenvalue weighted by atomic mass is 16.6. The van der Waals surface area contributed by atoms with Crippen molar-refractivity contribution in [2.45, 2.75) is 13.2 Å². The minimum absolute atomic E-state index is 0.0461. The Kier molecular flexibility index (Phi) is 9.35. The van der Waals surface area contributed by atoms with Gasteiger partial charge in [0.1, 0.15) is 13.2 Å². The number of imide groups is 1. The lowest BCUT2D eigenvalue weighted by Gasteiger charge is -2.11. The van der Waals surface area contributed by atoms with Crippen LogP contribution in [0.1, 0.15) is 22.3 Å². The van der Waals surface area contributed by atoms with Crippen LogP contribution in [0.3, 0.4) is 0 Å². The van der Waals surface area contributed by atoms with Crippen LogP contribution in [-0.2, 0) is 27.7 Å². The number of hydrogen-bond acceptors (Lipinski definition) is 6. The minimum Gasteiger partial charge on any atom is -0.390 e. The van der Waals surface area contributed by atoms with Gasteiger partial charge in [0.05, 0.1) is 0 Å². The maximum atomic E-state index is 13.1. The molecule has 0 spiro atoms. The summed E-state index contributed by atoms with van der Waals surface area (Å²) >= 11 is 0. The zero-order chi connectivity index (χ0) is 26.4. The van der Waals surface area contributed by atoms with Crippen LogP contribution in [0.2, 0.25) is 0 Å². The number of nitrogens with one attached hydrogen (secondary N) is 2. The van der Waals surface area contributed by atoms with Gasteiger partial charge in [-0.15, -0.1) is 0 Å². The molecule has 38 heavy (non-hydrogen) atoms. The van der Waals surface area contributed by atoms with Crippen LogP contribution < -0.4 is 10.6 Å². The summed E-state index contributed by atoms with van der Waals surface area (Å²) in [5.74, 6) is -0.593. The zero-order valence-corrected chi connectivity index (χ0v) is 20.5. The molecular weight excluding hydrogens is 480 g/mol. The summed E-state index contributed by atoms with van der Waals surface area (Å²) in [4.78, 5) is 36.8. The predicted octanol–water partition coefficient (Wildman–Crippen LogP) is 5.01. The topological polar surface area (TPSA) is 101 Å². The van der Waals surface area contributed by atoms with Crippen molar-refractivity contribution in [3.05, 3.63) is 144 Å². The van der Waals surface area contributed by atoms with Crippen molar-refractivity contribution in [1.29, 1.82) is 0 Å². The smallest absolute Gasteiger partial charge is 0.327 e. The predicted molar refractivity (Wildman–Crippen MR) is 145 cm³/mol. The Morgan fingerprint density at radius 3 is 1.53 bits per heavy atom. The Labute approximate surface area is 220 Å². The molecule has 0 atom stereocenters. The molecule has 2 N–H and O–H groups in total. The van der Waals surface area contributed by atoms with Gasteiger partial charge in [-0.1, -0.05) is 132 Å². The van der Waals surface area contributed by atoms with Gasteiger partial charge < -0.3 is 9.68 Å². The number of carbonyl (C=O) groups excluding carboxylic acids is 2. The van der Waals surface area contributed by atoms with E-state index in [2.05, 4.69) is 20.9 Å². The van der Waals surface area contributed by atoms with Gasteiger partial charge in [-0.05, 0) is 11.1 Å². The molecule has 4 rings (SSSR count). The Balaban J connectivity index is 1.45. The van der Waals surface area contributed by atoms with Gasteiger partial charge in [0.15, 0.2) is 11.5 Å². The first-order valence-electron chi connectivity index (χ1n) is 11.9. The molecule has 4 aromatic carbocycles. The normalized spacial score (nSPS) is 11.4. The van der Waals surface area contributed by atoms with E-state index in [1.807, 2.05) is 72.8 Å². The molecule has 0 fully saturated rings. The summed E-state index contributed by atoms with van der Waals surface area (Å²) in [6.07, 6.45) is 0. The van der Waals surface area contributed by atoms with E-state index in [0.29, 0.717) is 11.1 Å². The number of amides is 3. The molecule has 0 aliphatic rings. The summed E-state index contributed by atoms with van der Waals surface area (Å²) in [5.41, 5.74) is 2.86. The van der Waals surface area contributed by atoms with E-state index in [1.165, 1.54) is 0 Å². The molecule has 190 valence electrons. The standard InChI is InChI=1S/C30H26N4O4/c35-29(27(25-17-9-3-10-18-25)33-37-21-23-13-5-1-6-14-23)32-30(36)31-28(26-19-11-4-12-20-26)34-38-22-24-15-7-2-8-16-24/h1-20H,21-22H2,(H2,31,32,34,35,36)/b33-27+. The number of carbonyl (C=O) groups is 2. The third-order valence-corrected chi connectivity index (χ3v) is 5.23. The second-order valence-corrected chi connectivity index (χ2v) is 8.04. The maximum Gasteiger partial charge on any atom is 0.327 e. The first kappa shape index (κ1) is 25.8. The number of oxime groups is 2. The van der Waals surface area contributed by atoms with E-state index in [1.54, 1.807) is 48.5 Å². The van der Waals surface area contributed by atoms with Gasteiger partial charge in [-0.3, -0.25) is 15.4 Å². The van der Waals surface area contributed by atoms with Gasteiger partial charge in [-0.2, -0.15) is 0 Å². The average molecular weight is 507 g/mol. The molecule has 0 aromatic heterocycles. The van der Waals surface area contributed by atoms with Crippen molar-refractivity contribution in [3.8, 4) is 0 Å². The van der Waals surface area contributed by atoms with Crippen molar-refractivity contribution >= 4 is 23.5 Å². The van der Waals surface area contributed by atoms with Gasteiger partial charge in [0, 0.05) is 11.1 Å². The quantitative estimate of drug-likeness (QED) is 0.189. The van der Waals surface area contributed by atoms with Crippen molar-refractivity contribution in [3.63, 3.8) is 0 Å². The summed E-state index contributed by atoms with van der Waals surface area (Å²) in [6, 6.07) is 35.9. The number of rotatable bonds is 9. The molecule has 3 amide bonds. The highest BCUT2D eigenvalue weighted by Gasteiger charge is 2.19. The molecule has 0 saturated carbocycles. The number of benzene rings is 4. The lowest BCUT2D eigenvalue weighted by Crippen LogP contribution is -2.45. The average Bonchev–Trinajstić information content (AvgIpc) is 2.97. The van der Waals surface area contributed by atoms with E-state index in [-0.39, 0.29) is 24.8 Å². The van der Waals surface area contributed by atoms with Crippen LogP contribution in [-0.4, -0.2) is 23.5 Å². The van der Waals surface area contributed by atoms with Crippen molar-refractivity contribution < 1.29 is 19.3 Å². The molecule has 8 nitrogen and oxygen atoms in total. The fraction of sp³-hybridized carbons (Fsp3) is 0.0667. The largest absolute Gasteiger partial charge is 0.390 e. The lowest BCUT2D eigenvalue weighted by molar-refractivity contribution is -0.113. The summed E-state index contributed by atoms with van der Waals surface area (Å²) in [5, 5.41) is 13.0. The number of nitrogens with zero attached hydrogens (tertiary/aromatic N) is 2. The minimum atomic E-state index is -0.799. The van der Waals surface area contributed by atoms with Crippen molar-refractivity contribution in [2.75, 3.05) is 0 Å². The third kappa shape index (κ3) is 7.89. The number of urea groups is 1. The molecule has 0 unspecified atom stereocenters. The first-order valence-corrected chi connectivity index (χ1v) is 11.9. The van der Waals surface area contributed by atoms with E-state index in [0.717, 1.165) is 11.1 Å². The zero-order valence-electron chi connectivity index (χ0n) is 20.5. The van der Waals surface area contributed by atoms with E-state index in [9.17, 15) is 9.59 Å². The van der Waals surface area contributed by atoms with E-state index >= 15 is 0 Å². The second kappa shape index (κ2) is 13.7. The van der Waals surface area contributed by atoms with Gasteiger partial charge in [0.2, 0.25) is 0 Å². The fourth-order valence-corrected chi connectivity index (χ4v) is 3.36. The Bertz CT molecular complexity index is 1380. The van der Waals surface area contributed by atoms with Crippen LogP contribution >= 0.6 is 0 Å². The van der Waals surface area contributed by atoms with Crippen LogP contribution in [0.4, 0.5) is 4.79 Å². The molecule has 8 heteroatoms. The lowest BCUT2D eigenvalue weighted by atomic mass is 10.1. The summed E-state index contributed by atoms with van der Waals surface area (Å²) < 4.78 is 0. The molecule has 0 heterocycles. The van der Waals surface area contributed by atoms with Gasteiger partial charge in [0.25, 0.3) is 5.91 Å². The first-order chi connectivity index (χ1) is 18.7. The van der Waals surface area contributed by atoms with Crippen LogP contribution in [0, 0.1) is 0 Å². The highest BCUT2D eigenvalue weighted by Crippen LogP contribution is 2.07. The van der Waals surface area contributed by atoms with Gasteiger partial charge >= 0.3 is 6.03 Å². The Hall–Kier alpha value is -5.24. The summed E-state index contributed by atoms with van der Waals surface area (Å²) in [7, 11) is 0. The Morgan fingerprint density at radius 2 is 1.00 bits per heavy atom. The number of amidine groups is 1. The van der Waals surface area contributed by atoms with Crippen molar-refractivity contribution in [1.82, 2.24) is 10.6 Å². The SMILES string of the molecule is O=C(NC(=O)/C(=N/OCc1ccccc1)c1ccccc1)NC(=NOCc1ccccc1)c1ccccc1. The number of hydrogen-bond donors (Lipinski definition) is 2. The van der Waals surface area contributed by atoms with Gasteiger partial charge in [-0.25, -0.2) is 4.79 Å². The van der Waals surface area contributed by atoms with E-state index < -0.39 is 11.9 Å². The fourth-order valence-electron chi connectivity index (χ4n) is 3.36. The molecule has 0 radical (unpaired) electrons. The van der Waals surface area contributed by atoms with Crippen LogP contribution in [0.25, 0.3) is 0 Å². The molecule has 0 bridgehead atoms. The molecular formula is C30H26N4O4. The van der Waals surface area contributed by atoms with Crippen molar-refractivity contribution in [2.24, 2.45) is 10.3 Å². The maximum absolute atomic E-state index is 13.1. The second-order valence-electron chi connectivity index (χ2n) is 8.04. The molecule has 0 aliphatic heterocycles. The van der Waals surface area contributed by atoms with Crippen LogP contribution in [0.15, 0.2) is 132 Å².